The summed E-state index contributed by atoms with van der Waals surface area (Å²) < 4.78 is 7.35. The van der Waals surface area contributed by atoms with Crippen molar-refractivity contribution in [2.24, 2.45) is 11.8 Å². The first-order valence-corrected chi connectivity index (χ1v) is 7.41. The number of methoxy groups -OCH3 is 1. The fourth-order valence-corrected chi connectivity index (χ4v) is 2.95. The molecule has 1 aliphatic carbocycles. The van der Waals surface area contributed by atoms with Gasteiger partial charge in [-0.05, 0) is 38.0 Å². The Morgan fingerprint density at radius 3 is 2.84 bits per heavy atom. The highest BCUT2D eigenvalue weighted by Crippen LogP contribution is 2.33. The second-order valence-corrected chi connectivity index (χ2v) is 5.91. The Morgan fingerprint density at radius 2 is 2.21 bits per heavy atom. The Kier molecular flexibility index (Phi) is 4.86. The van der Waals surface area contributed by atoms with E-state index in [1.54, 1.807) is 7.11 Å². The molecule has 1 aliphatic rings. The van der Waals surface area contributed by atoms with Gasteiger partial charge < -0.3 is 14.6 Å². The molecule has 1 aromatic heterocycles. The average molecular weight is 265 g/mol. The smallest absolute Gasteiger partial charge is 0.203 e. The van der Waals surface area contributed by atoms with Crippen LogP contribution in [0.1, 0.15) is 38.8 Å². The average Bonchev–Trinajstić information content (AvgIpc) is 2.87. The minimum atomic E-state index is 0.568. The van der Waals surface area contributed by atoms with Crippen LogP contribution >= 0.6 is 0 Å². The number of aromatic nitrogens is 2. The molecule has 108 valence electrons. The van der Waals surface area contributed by atoms with Gasteiger partial charge in [0, 0.05) is 32.5 Å². The molecular formula is C15H27N3O. The van der Waals surface area contributed by atoms with Crippen LogP contribution in [0.4, 0.5) is 5.95 Å². The summed E-state index contributed by atoms with van der Waals surface area (Å²) in [5, 5.41) is 3.65. The fourth-order valence-electron chi connectivity index (χ4n) is 2.95. The van der Waals surface area contributed by atoms with Gasteiger partial charge in [0.25, 0.3) is 0 Å². The molecule has 1 heterocycles. The summed E-state index contributed by atoms with van der Waals surface area (Å²) in [6.07, 6.45) is 5.73. The van der Waals surface area contributed by atoms with Crippen molar-refractivity contribution in [3.8, 4) is 0 Å². The molecule has 4 heteroatoms. The first-order valence-electron chi connectivity index (χ1n) is 7.41. The standard InChI is InChI=1S/C15H27N3O/c1-11-6-7-14(13(11)3)17-15-16-12(2)10-18(15)8-5-9-19-4/h10-11,13-14H,5-9H2,1-4H3,(H,16,17). The van der Waals surface area contributed by atoms with Crippen molar-refractivity contribution in [1.82, 2.24) is 9.55 Å². The molecule has 0 amide bonds. The van der Waals surface area contributed by atoms with Gasteiger partial charge in [-0.2, -0.15) is 0 Å². The summed E-state index contributed by atoms with van der Waals surface area (Å²) in [6.45, 7) is 8.52. The summed E-state index contributed by atoms with van der Waals surface area (Å²) in [5.41, 5.74) is 1.08. The number of nitrogens with zero attached hydrogens (tertiary/aromatic N) is 2. The summed E-state index contributed by atoms with van der Waals surface area (Å²) in [4.78, 5) is 4.62. The first kappa shape index (κ1) is 14.4. The van der Waals surface area contributed by atoms with E-state index in [0.717, 1.165) is 43.1 Å². The van der Waals surface area contributed by atoms with E-state index in [1.807, 2.05) is 0 Å². The van der Waals surface area contributed by atoms with Crippen molar-refractivity contribution in [1.29, 1.82) is 0 Å². The second kappa shape index (κ2) is 6.42. The normalized spacial score (nSPS) is 26.8. The number of imidazole rings is 1. The maximum atomic E-state index is 5.12. The summed E-state index contributed by atoms with van der Waals surface area (Å²) in [6, 6.07) is 0.568. The van der Waals surface area contributed by atoms with Crippen LogP contribution in [-0.2, 0) is 11.3 Å². The molecule has 0 aromatic carbocycles. The number of ether oxygens (including phenoxy) is 1. The third-order valence-electron chi connectivity index (χ3n) is 4.42. The molecule has 0 radical (unpaired) electrons. The van der Waals surface area contributed by atoms with Gasteiger partial charge in [0.15, 0.2) is 0 Å². The van der Waals surface area contributed by atoms with Gasteiger partial charge in [-0.1, -0.05) is 13.8 Å². The minimum Gasteiger partial charge on any atom is -0.385 e. The van der Waals surface area contributed by atoms with Crippen molar-refractivity contribution in [3.63, 3.8) is 0 Å². The van der Waals surface area contributed by atoms with Crippen LogP contribution in [-0.4, -0.2) is 29.3 Å². The van der Waals surface area contributed by atoms with Gasteiger partial charge in [-0.3, -0.25) is 0 Å². The van der Waals surface area contributed by atoms with Crippen LogP contribution in [0, 0.1) is 18.8 Å². The van der Waals surface area contributed by atoms with Crippen LogP contribution in [0.25, 0.3) is 0 Å². The molecule has 1 aromatic rings. The maximum Gasteiger partial charge on any atom is 0.203 e. The lowest BCUT2D eigenvalue weighted by molar-refractivity contribution is 0.190. The van der Waals surface area contributed by atoms with Crippen molar-refractivity contribution in [3.05, 3.63) is 11.9 Å². The van der Waals surface area contributed by atoms with Gasteiger partial charge >= 0.3 is 0 Å². The van der Waals surface area contributed by atoms with E-state index in [4.69, 9.17) is 4.74 Å². The monoisotopic (exact) mass is 265 g/mol. The largest absolute Gasteiger partial charge is 0.385 e. The van der Waals surface area contributed by atoms with Crippen molar-refractivity contribution in [2.45, 2.75) is 52.6 Å². The van der Waals surface area contributed by atoms with Crippen LogP contribution < -0.4 is 5.32 Å². The molecule has 4 nitrogen and oxygen atoms in total. The predicted octanol–water partition coefficient (Wildman–Crippen LogP) is 3.07. The van der Waals surface area contributed by atoms with Gasteiger partial charge in [0.1, 0.15) is 0 Å². The molecule has 0 aliphatic heterocycles. The number of nitrogens with one attached hydrogen (secondary N) is 1. The molecule has 1 fully saturated rings. The lowest BCUT2D eigenvalue weighted by atomic mass is 9.98. The van der Waals surface area contributed by atoms with E-state index in [0.29, 0.717) is 6.04 Å². The second-order valence-electron chi connectivity index (χ2n) is 5.91. The van der Waals surface area contributed by atoms with E-state index in [-0.39, 0.29) is 0 Å². The Hall–Kier alpha value is -1.03. The third kappa shape index (κ3) is 3.50. The number of aryl methyl sites for hydroxylation is 2. The summed E-state index contributed by atoms with van der Waals surface area (Å²) in [7, 11) is 1.75. The number of hydrogen-bond donors (Lipinski definition) is 1. The number of anilines is 1. The minimum absolute atomic E-state index is 0.568. The molecule has 19 heavy (non-hydrogen) atoms. The topological polar surface area (TPSA) is 39.1 Å². The van der Waals surface area contributed by atoms with Crippen LogP contribution in [0.3, 0.4) is 0 Å². The van der Waals surface area contributed by atoms with Crippen molar-refractivity contribution < 1.29 is 4.74 Å². The van der Waals surface area contributed by atoms with Crippen LogP contribution in [0.5, 0.6) is 0 Å². The highest BCUT2D eigenvalue weighted by molar-refractivity contribution is 5.31. The maximum absolute atomic E-state index is 5.12. The van der Waals surface area contributed by atoms with Crippen LogP contribution in [0.15, 0.2) is 6.20 Å². The quantitative estimate of drug-likeness (QED) is 0.803. The molecule has 3 atom stereocenters. The zero-order valence-electron chi connectivity index (χ0n) is 12.6. The third-order valence-corrected chi connectivity index (χ3v) is 4.42. The van der Waals surface area contributed by atoms with Gasteiger partial charge in [-0.15, -0.1) is 0 Å². The Morgan fingerprint density at radius 1 is 1.42 bits per heavy atom. The van der Waals surface area contributed by atoms with Gasteiger partial charge in [0.05, 0.1) is 5.69 Å². The zero-order chi connectivity index (χ0) is 13.8. The number of hydrogen-bond acceptors (Lipinski definition) is 3. The Labute approximate surface area is 116 Å². The van der Waals surface area contributed by atoms with E-state index in [2.05, 4.69) is 41.8 Å². The number of rotatable bonds is 6. The molecule has 0 spiro atoms. The van der Waals surface area contributed by atoms with Crippen molar-refractivity contribution in [2.75, 3.05) is 19.0 Å². The molecule has 1 N–H and O–H groups in total. The Balaban J connectivity index is 1.99. The highest BCUT2D eigenvalue weighted by Gasteiger charge is 2.30. The van der Waals surface area contributed by atoms with Gasteiger partial charge in [-0.25, -0.2) is 4.98 Å². The molecule has 2 rings (SSSR count). The SMILES string of the molecule is COCCCn1cc(C)nc1NC1CCC(C)C1C. The zero-order valence-corrected chi connectivity index (χ0v) is 12.6. The molecule has 3 unspecified atom stereocenters. The fraction of sp³-hybridized carbons (Fsp3) is 0.800. The molecule has 1 saturated carbocycles. The summed E-state index contributed by atoms with van der Waals surface area (Å²) >= 11 is 0. The highest BCUT2D eigenvalue weighted by atomic mass is 16.5. The van der Waals surface area contributed by atoms with E-state index < -0.39 is 0 Å². The lowest BCUT2D eigenvalue weighted by Gasteiger charge is -2.20. The molecule has 0 bridgehead atoms. The first-order chi connectivity index (χ1) is 9.11. The summed E-state index contributed by atoms with van der Waals surface area (Å²) in [5.74, 6) is 2.57. The van der Waals surface area contributed by atoms with E-state index in [1.165, 1.54) is 12.8 Å². The molecule has 0 saturated heterocycles. The van der Waals surface area contributed by atoms with Crippen LogP contribution in [0.2, 0.25) is 0 Å². The van der Waals surface area contributed by atoms with E-state index >= 15 is 0 Å². The van der Waals surface area contributed by atoms with Crippen molar-refractivity contribution >= 4 is 5.95 Å². The Bertz CT molecular complexity index is 402. The van der Waals surface area contributed by atoms with Gasteiger partial charge in [0.2, 0.25) is 5.95 Å². The van der Waals surface area contributed by atoms with E-state index in [9.17, 15) is 0 Å². The molecular weight excluding hydrogens is 238 g/mol. The predicted molar refractivity (Wildman–Crippen MR) is 78.4 cm³/mol. The lowest BCUT2D eigenvalue weighted by Crippen LogP contribution is -2.26.